The van der Waals surface area contributed by atoms with E-state index >= 15 is 0 Å². The van der Waals surface area contributed by atoms with Crippen molar-refractivity contribution in [2.75, 3.05) is 0 Å². The van der Waals surface area contributed by atoms with E-state index in [-0.39, 0.29) is 6.04 Å². The predicted molar refractivity (Wildman–Crippen MR) is 66.8 cm³/mol. The van der Waals surface area contributed by atoms with Gasteiger partial charge in [0.15, 0.2) is 0 Å². The highest BCUT2D eigenvalue weighted by Gasteiger charge is 2.00. The third-order valence-electron chi connectivity index (χ3n) is 2.25. The molecular weight excluding hydrogens is 202 g/mol. The summed E-state index contributed by atoms with van der Waals surface area (Å²) >= 11 is 1.71. The van der Waals surface area contributed by atoms with Crippen LogP contribution in [0.1, 0.15) is 23.4 Å². The van der Waals surface area contributed by atoms with Crippen molar-refractivity contribution in [3.63, 3.8) is 0 Å². The van der Waals surface area contributed by atoms with E-state index < -0.39 is 0 Å². The summed E-state index contributed by atoms with van der Waals surface area (Å²) in [6.07, 6.45) is 1.95. The molecule has 1 atom stereocenters. The minimum absolute atomic E-state index is 0.230. The van der Waals surface area contributed by atoms with Gasteiger partial charge in [0, 0.05) is 11.1 Å². The second-order valence-corrected chi connectivity index (χ2v) is 4.36. The van der Waals surface area contributed by atoms with E-state index in [9.17, 15) is 0 Å². The highest BCUT2D eigenvalue weighted by atomic mass is 32.1. The van der Waals surface area contributed by atoms with Crippen LogP contribution >= 0.6 is 11.3 Å². The molecule has 0 amide bonds. The van der Waals surface area contributed by atoms with Crippen LogP contribution < -0.4 is 0 Å². The topological polar surface area (TPSA) is 12.4 Å². The number of aliphatic imine (C=N–C) groups is 1. The largest absolute Gasteiger partial charge is 0.284 e. The first-order valence-corrected chi connectivity index (χ1v) is 5.86. The maximum absolute atomic E-state index is 4.52. The average molecular weight is 215 g/mol. The highest BCUT2D eigenvalue weighted by Crippen LogP contribution is 2.16. The predicted octanol–water partition coefficient (Wildman–Crippen LogP) is 3.93. The van der Waals surface area contributed by atoms with E-state index in [4.69, 9.17) is 0 Å². The maximum atomic E-state index is 4.52. The molecule has 0 saturated heterocycles. The Morgan fingerprint density at radius 1 is 1.13 bits per heavy atom. The molecule has 0 saturated carbocycles. The van der Waals surface area contributed by atoms with Crippen LogP contribution in [0.5, 0.6) is 0 Å². The highest BCUT2D eigenvalue weighted by molar-refractivity contribution is 7.11. The molecule has 15 heavy (non-hydrogen) atoms. The number of thiophene rings is 1. The van der Waals surface area contributed by atoms with E-state index in [1.54, 1.807) is 11.3 Å². The van der Waals surface area contributed by atoms with E-state index in [0.717, 1.165) is 0 Å². The fourth-order valence-corrected chi connectivity index (χ4v) is 1.96. The number of hydrogen-bond donors (Lipinski definition) is 0. The van der Waals surface area contributed by atoms with Gasteiger partial charge in [0.25, 0.3) is 0 Å². The van der Waals surface area contributed by atoms with Crippen LogP contribution in [0.25, 0.3) is 0 Å². The standard InChI is InChI=1S/C13H13NS/c1-11(12-6-3-2-4-7-12)14-10-13-8-5-9-15-13/h2-11H,1H3. The Morgan fingerprint density at radius 3 is 2.60 bits per heavy atom. The Morgan fingerprint density at radius 2 is 1.93 bits per heavy atom. The fraction of sp³-hybridized carbons (Fsp3) is 0.154. The van der Waals surface area contributed by atoms with Crippen molar-refractivity contribution < 1.29 is 0 Å². The lowest BCUT2D eigenvalue weighted by Crippen LogP contribution is -1.89. The Kier molecular flexibility index (Phi) is 3.30. The molecule has 0 aliphatic heterocycles. The molecule has 0 fully saturated rings. The summed E-state index contributed by atoms with van der Waals surface area (Å²) in [5.74, 6) is 0. The summed E-state index contributed by atoms with van der Waals surface area (Å²) in [5, 5.41) is 2.06. The van der Waals surface area contributed by atoms with Crippen molar-refractivity contribution >= 4 is 17.6 Å². The summed E-state index contributed by atoms with van der Waals surface area (Å²) in [5.41, 5.74) is 1.25. The Hall–Kier alpha value is -1.41. The lowest BCUT2D eigenvalue weighted by molar-refractivity contribution is 0.825. The Bertz CT molecular complexity index is 417. The zero-order valence-corrected chi connectivity index (χ0v) is 9.45. The molecule has 2 aromatic rings. The van der Waals surface area contributed by atoms with Crippen molar-refractivity contribution in [2.24, 2.45) is 4.99 Å². The molecule has 0 bridgehead atoms. The van der Waals surface area contributed by atoms with Gasteiger partial charge in [0.2, 0.25) is 0 Å². The van der Waals surface area contributed by atoms with Gasteiger partial charge in [0.1, 0.15) is 0 Å². The summed E-state index contributed by atoms with van der Waals surface area (Å²) < 4.78 is 0. The van der Waals surface area contributed by atoms with Crippen LogP contribution in [-0.4, -0.2) is 6.21 Å². The lowest BCUT2D eigenvalue weighted by Gasteiger charge is -2.04. The second-order valence-electron chi connectivity index (χ2n) is 3.38. The molecule has 2 heteroatoms. The third kappa shape index (κ3) is 2.77. The number of hydrogen-bond acceptors (Lipinski definition) is 2. The van der Waals surface area contributed by atoms with Crippen LogP contribution in [-0.2, 0) is 0 Å². The molecule has 76 valence electrons. The lowest BCUT2D eigenvalue weighted by atomic mass is 10.1. The fourth-order valence-electron chi connectivity index (χ4n) is 1.37. The van der Waals surface area contributed by atoms with Crippen LogP contribution in [0.2, 0.25) is 0 Å². The zero-order chi connectivity index (χ0) is 10.5. The summed E-state index contributed by atoms with van der Waals surface area (Å²) in [6.45, 7) is 2.11. The normalized spacial score (nSPS) is 13.1. The van der Waals surface area contributed by atoms with Crippen LogP contribution in [0.3, 0.4) is 0 Å². The van der Waals surface area contributed by atoms with Gasteiger partial charge in [0.05, 0.1) is 6.04 Å². The molecular formula is C13H13NS. The van der Waals surface area contributed by atoms with Crippen molar-refractivity contribution in [3.8, 4) is 0 Å². The van der Waals surface area contributed by atoms with Gasteiger partial charge in [-0.25, -0.2) is 0 Å². The number of nitrogens with zero attached hydrogens (tertiary/aromatic N) is 1. The van der Waals surface area contributed by atoms with E-state index in [1.165, 1.54) is 10.4 Å². The molecule has 1 unspecified atom stereocenters. The molecule has 0 aliphatic carbocycles. The first-order valence-electron chi connectivity index (χ1n) is 4.98. The monoisotopic (exact) mass is 215 g/mol. The van der Waals surface area contributed by atoms with Gasteiger partial charge < -0.3 is 0 Å². The molecule has 1 nitrogen and oxygen atoms in total. The smallest absolute Gasteiger partial charge is 0.0721 e. The third-order valence-corrected chi connectivity index (χ3v) is 3.06. The van der Waals surface area contributed by atoms with Gasteiger partial charge in [-0.15, -0.1) is 11.3 Å². The zero-order valence-electron chi connectivity index (χ0n) is 8.63. The van der Waals surface area contributed by atoms with Crippen LogP contribution in [0, 0.1) is 0 Å². The van der Waals surface area contributed by atoms with Gasteiger partial charge in [-0.05, 0) is 23.9 Å². The minimum atomic E-state index is 0.230. The van der Waals surface area contributed by atoms with Gasteiger partial charge in [-0.1, -0.05) is 36.4 Å². The molecule has 0 aliphatic rings. The SMILES string of the molecule is CC(N=Cc1cccs1)c1ccccc1. The Labute approximate surface area is 94.1 Å². The summed E-state index contributed by atoms with van der Waals surface area (Å²) in [6, 6.07) is 14.7. The molecule has 1 aromatic carbocycles. The van der Waals surface area contributed by atoms with Crippen LogP contribution in [0.4, 0.5) is 0 Å². The van der Waals surface area contributed by atoms with Crippen molar-refractivity contribution in [1.82, 2.24) is 0 Å². The molecule has 0 N–H and O–H groups in total. The molecule has 0 spiro atoms. The average Bonchev–Trinajstić information content (AvgIpc) is 2.80. The summed E-state index contributed by atoms with van der Waals surface area (Å²) in [4.78, 5) is 5.73. The molecule has 0 radical (unpaired) electrons. The Balaban J connectivity index is 2.07. The van der Waals surface area contributed by atoms with Crippen LogP contribution in [0.15, 0.2) is 52.8 Å². The van der Waals surface area contributed by atoms with Crippen molar-refractivity contribution in [3.05, 3.63) is 58.3 Å². The molecule has 1 aromatic heterocycles. The molecule has 1 heterocycles. The maximum Gasteiger partial charge on any atom is 0.0721 e. The van der Waals surface area contributed by atoms with E-state index in [2.05, 4.69) is 35.5 Å². The quantitative estimate of drug-likeness (QED) is 0.688. The second kappa shape index (κ2) is 4.89. The first kappa shape index (κ1) is 10.1. The van der Waals surface area contributed by atoms with E-state index in [1.807, 2.05) is 30.5 Å². The van der Waals surface area contributed by atoms with Gasteiger partial charge in [-0.3, -0.25) is 4.99 Å². The number of rotatable bonds is 3. The van der Waals surface area contributed by atoms with E-state index in [0.29, 0.717) is 0 Å². The first-order chi connectivity index (χ1) is 7.36. The number of benzene rings is 1. The van der Waals surface area contributed by atoms with Crippen molar-refractivity contribution in [1.29, 1.82) is 0 Å². The minimum Gasteiger partial charge on any atom is -0.284 e. The summed E-state index contributed by atoms with van der Waals surface area (Å²) in [7, 11) is 0. The van der Waals surface area contributed by atoms with Gasteiger partial charge in [-0.2, -0.15) is 0 Å². The molecule has 2 rings (SSSR count). The van der Waals surface area contributed by atoms with Crippen molar-refractivity contribution in [2.45, 2.75) is 13.0 Å². The van der Waals surface area contributed by atoms with Gasteiger partial charge >= 0.3 is 0 Å².